The number of benzene rings is 1. The number of hydrogen-bond donors (Lipinski definition) is 0. The molecule has 24 heavy (non-hydrogen) atoms. The summed E-state index contributed by atoms with van der Waals surface area (Å²) in [6.07, 6.45) is 1.09. The zero-order chi connectivity index (χ0) is 16.8. The number of piperazine rings is 1. The van der Waals surface area contributed by atoms with Gasteiger partial charge in [-0.1, -0.05) is 17.7 Å². The monoisotopic (exact) mass is 322 g/mol. The van der Waals surface area contributed by atoms with Crippen molar-refractivity contribution >= 4 is 11.7 Å². The fourth-order valence-electron chi connectivity index (χ4n) is 3.91. The molecular weight excluding hydrogens is 300 g/mol. The first-order valence-electron chi connectivity index (χ1n) is 8.48. The summed E-state index contributed by atoms with van der Waals surface area (Å²) in [7, 11) is 0. The quantitative estimate of drug-likeness (QED) is 0.852. The van der Waals surface area contributed by atoms with Gasteiger partial charge >= 0.3 is 0 Å². The third-order valence-electron chi connectivity index (χ3n) is 4.97. The molecule has 0 aliphatic carbocycles. The number of aryl methyl sites for hydroxylation is 3. The number of carbonyl (C=O) groups excluding carboxylic acids is 1. The highest BCUT2D eigenvalue weighted by Gasteiger charge is 2.47. The maximum atomic E-state index is 12.8. The van der Waals surface area contributed by atoms with Crippen molar-refractivity contribution in [3.05, 3.63) is 53.0 Å². The van der Waals surface area contributed by atoms with Gasteiger partial charge in [0.05, 0.1) is 12.1 Å². The molecule has 2 bridgehead atoms. The second-order valence-corrected chi connectivity index (χ2v) is 6.94. The minimum Gasteiger partial charge on any atom is -0.352 e. The molecule has 3 aliphatic rings. The fourth-order valence-corrected chi connectivity index (χ4v) is 3.91. The first kappa shape index (κ1) is 15.1. The van der Waals surface area contributed by atoms with Gasteiger partial charge in [0.1, 0.15) is 11.6 Å². The van der Waals surface area contributed by atoms with E-state index in [-0.39, 0.29) is 18.0 Å². The molecule has 2 aromatic rings. The summed E-state index contributed by atoms with van der Waals surface area (Å²) in [5.41, 5.74) is 2.91. The Hall–Kier alpha value is -2.43. The Morgan fingerprint density at radius 2 is 1.83 bits per heavy atom. The van der Waals surface area contributed by atoms with Gasteiger partial charge < -0.3 is 9.80 Å². The second-order valence-electron chi connectivity index (χ2n) is 6.94. The van der Waals surface area contributed by atoms with Crippen molar-refractivity contribution in [2.45, 2.75) is 39.3 Å². The van der Waals surface area contributed by atoms with Gasteiger partial charge in [-0.15, -0.1) is 0 Å². The highest BCUT2D eigenvalue weighted by molar-refractivity contribution is 5.95. The van der Waals surface area contributed by atoms with Gasteiger partial charge in [0.15, 0.2) is 0 Å². The summed E-state index contributed by atoms with van der Waals surface area (Å²) in [5, 5.41) is 0. The average molecular weight is 322 g/mol. The summed E-state index contributed by atoms with van der Waals surface area (Å²) in [6.45, 7) is 7.65. The van der Waals surface area contributed by atoms with Crippen LogP contribution >= 0.6 is 0 Å². The van der Waals surface area contributed by atoms with Crippen LogP contribution in [0, 0.1) is 20.8 Å². The first-order valence-corrected chi connectivity index (χ1v) is 8.48. The van der Waals surface area contributed by atoms with Crippen LogP contribution in [0.4, 0.5) is 5.82 Å². The molecule has 3 aliphatic heterocycles. The lowest BCUT2D eigenvalue weighted by Crippen LogP contribution is -2.70. The number of nitrogens with zero attached hydrogens (tertiary/aromatic N) is 4. The minimum atomic E-state index is 0.162. The Balaban J connectivity index is 1.51. The largest absolute Gasteiger partial charge is 0.352 e. The lowest BCUT2D eigenvalue weighted by atomic mass is 9.86. The van der Waals surface area contributed by atoms with Crippen LogP contribution in [-0.4, -0.2) is 45.9 Å². The highest BCUT2D eigenvalue weighted by Crippen LogP contribution is 2.35. The lowest BCUT2D eigenvalue weighted by molar-refractivity contribution is 0.00574. The maximum Gasteiger partial charge on any atom is 0.254 e. The molecule has 5 nitrogen and oxygen atoms in total. The van der Waals surface area contributed by atoms with E-state index in [1.807, 2.05) is 51.1 Å². The molecule has 1 amide bonds. The molecule has 1 aromatic heterocycles. The Morgan fingerprint density at radius 3 is 2.50 bits per heavy atom. The molecule has 5 heteroatoms. The van der Waals surface area contributed by atoms with E-state index in [1.165, 1.54) is 0 Å². The Morgan fingerprint density at radius 1 is 1.08 bits per heavy atom. The van der Waals surface area contributed by atoms with Crippen LogP contribution in [0.1, 0.15) is 33.9 Å². The van der Waals surface area contributed by atoms with Gasteiger partial charge in [-0.05, 0) is 39.3 Å². The number of fused-ring (bicyclic) bond motifs is 2. The van der Waals surface area contributed by atoms with Gasteiger partial charge in [-0.25, -0.2) is 9.97 Å². The van der Waals surface area contributed by atoms with E-state index in [9.17, 15) is 4.79 Å². The fraction of sp³-hybridized carbons (Fsp3) is 0.421. The zero-order valence-electron chi connectivity index (χ0n) is 14.4. The van der Waals surface area contributed by atoms with Gasteiger partial charge in [0.25, 0.3) is 5.91 Å². The number of anilines is 1. The topological polar surface area (TPSA) is 49.3 Å². The van der Waals surface area contributed by atoms with Gasteiger partial charge in [0.2, 0.25) is 0 Å². The molecule has 5 rings (SSSR count). The third kappa shape index (κ3) is 2.54. The summed E-state index contributed by atoms with van der Waals surface area (Å²) < 4.78 is 0. The number of piperidine rings is 1. The van der Waals surface area contributed by atoms with Crippen molar-refractivity contribution in [3.8, 4) is 0 Å². The predicted molar refractivity (Wildman–Crippen MR) is 93.3 cm³/mol. The van der Waals surface area contributed by atoms with Crippen LogP contribution in [0.15, 0.2) is 30.3 Å². The van der Waals surface area contributed by atoms with Crippen molar-refractivity contribution in [1.29, 1.82) is 0 Å². The lowest BCUT2D eigenvalue weighted by Gasteiger charge is -2.56. The molecule has 4 heterocycles. The molecular formula is C19H22N4O. The number of rotatable bonds is 2. The molecule has 0 saturated carbocycles. The van der Waals surface area contributed by atoms with Gasteiger partial charge in [0, 0.05) is 30.4 Å². The zero-order valence-corrected chi connectivity index (χ0v) is 14.4. The molecule has 0 N–H and O–H groups in total. The first-order chi connectivity index (χ1) is 11.5. The average Bonchev–Trinajstić information content (AvgIpc) is 2.54. The van der Waals surface area contributed by atoms with Crippen molar-refractivity contribution in [1.82, 2.24) is 14.9 Å². The van der Waals surface area contributed by atoms with Crippen LogP contribution < -0.4 is 4.90 Å². The van der Waals surface area contributed by atoms with Crippen LogP contribution in [0.5, 0.6) is 0 Å². The Kier molecular flexibility index (Phi) is 3.52. The van der Waals surface area contributed by atoms with E-state index in [4.69, 9.17) is 0 Å². The van der Waals surface area contributed by atoms with E-state index in [1.54, 1.807) is 0 Å². The van der Waals surface area contributed by atoms with Crippen molar-refractivity contribution < 1.29 is 4.79 Å². The van der Waals surface area contributed by atoms with Crippen LogP contribution in [0.2, 0.25) is 0 Å². The number of aromatic nitrogens is 2. The smallest absolute Gasteiger partial charge is 0.254 e. The van der Waals surface area contributed by atoms with Crippen LogP contribution in [0.25, 0.3) is 0 Å². The molecule has 2 atom stereocenters. The minimum absolute atomic E-state index is 0.162. The standard InChI is InChI=1S/C19H22N4O/c1-12-5-4-6-15(7-12)19(24)23-16-9-17(23)11-22(10-16)18-8-13(2)20-14(3)21-18/h4-8,16-17H,9-11H2,1-3H3. The Labute approximate surface area is 142 Å². The number of amides is 1. The summed E-state index contributed by atoms with van der Waals surface area (Å²) in [4.78, 5) is 26.1. The molecule has 124 valence electrons. The summed E-state index contributed by atoms with van der Waals surface area (Å²) >= 11 is 0. The Bertz CT molecular complexity index is 771. The van der Waals surface area contributed by atoms with E-state index < -0.39 is 0 Å². The SMILES string of the molecule is Cc1cccc(C(=O)N2C3CC2CN(c2cc(C)nc(C)n2)C3)c1. The van der Waals surface area contributed by atoms with Gasteiger partial charge in [-0.2, -0.15) is 0 Å². The number of hydrogen-bond acceptors (Lipinski definition) is 4. The number of carbonyl (C=O) groups is 1. The van der Waals surface area contributed by atoms with E-state index in [0.29, 0.717) is 0 Å². The normalized spacial score (nSPS) is 22.3. The van der Waals surface area contributed by atoms with Crippen LogP contribution in [0.3, 0.4) is 0 Å². The van der Waals surface area contributed by atoms with E-state index in [0.717, 1.165) is 48.0 Å². The van der Waals surface area contributed by atoms with Crippen LogP contribution in [-0.2, 0) is 0 Å². The summed E-state index contributed by atoms with van der Waals surface area (Å²) in [6, 6.07) is 10.5. The van der Waals surface area contributed by atoms with E-state index in [2.05, 4.69) is 19.8 Å². The molecule has 0 spiro atoms. The molecule has 2 unspecified atom stereocenters. The van der Waals surface area contributed by atoms with Crippen molar-refractivity contribution in [3.63, 3.8) is 0 Å². The molecule has 3 fully saturated rings. The van der Waals surface area contributed by atoms with E-state index >= 15 is 0 Å². The van der Waals surface area contributed by atoms with Gasteiger partial charge in [-0.3, -0.25) is 4.79 Å². The third-order valence-corrected chi connectivity index (χ3v) is 4.97. The molecule has 0 radical (unpaired) electrons. The maximum absolute atomic E-state index is 12.8. The summed E-state index contributed by atoms with van der Waals surface area (Å²) in [5.74, 6) is 1.95. The van der Waals surface area contributed by atoms with Crippen molar-refractivity contribution in [2.75, 3.05) is 18.0 Å². The second kappa shape index (κ2) is 5.58. The predicted octanol–water partition coefficient (Wildman–Crippen LogP) is 2.51. The highest BCUT2D eigenvalue weighted by atomic mass is 16.2. The molecule has 1 aromatic carbocycles. The molecule has 3 saturated heterocycles. The van der Waals surface area contributed by atoms with Crippen molar-refractivity contribution in [2.24, 2.45) is 0 Å².